The van der Waals surface area contributed by atoms with Gasteiger partial charge in [-0.25, -0.2) is 0 Å². The van der Waals surface area contributed by atoms with Crippen LogP contribution in [0.25, 0.3) is 0 Å². The van der Waals surface area contributed by atoms with E-state index < -0.39 is 16.1 Å². The summed E-state index contributed by atoms with van der Waals surface area (Å²) in [4.78, 5) is 0. The van der Waals surface area contributed by atoms with Crippen molar-refractivity contribution in [2.24, 2.45) is 0 Å². The fraction of sp³-hybridized carbons (Fsp3) is 0.538. The molecule has 3 heteroatoms. The third kappa shape index (κ3) is 2.58. The molecule has 0 atom stereocenters. The molecule has 0 amide bonds. The lowest BCUT2D eigenvalue weighted by molar-refractivity contribution is 1.48. The summed E-state index contributed by atoms with van der Waals surface area (Å²) in [6.07, 6.45) is 0. The van der Waals surface area contributed by atoms with Crippen molar-refractivity contribution >= 4 is 32.2 Å². The van der Waals surface area contributed by atoms with Gasteiger partial charge in [-0.05, 0) is 17.7 Å². The summed E-state index contributed by atoms with van der Waals surface area (Å²) in [6, 6.07) is 4.51. The molecule has 0 aliphatic carbocycles. The molecule has 1 rings (SSSR count). The van der Waals surface area contributed by atoms with Crippen LogP contribution in [0.3, 0.4) is 0 Å². The lowest BCUT2D eigenvalue weighted by Gasteiger charge is -2.30. The van der Waals surface area contributed by atoms with E-state index in [-0.39, 0.29) is 0 Å². The summed E-state index contributed by atoms with van der Waals surface area (Å²) in [5.74, 6) is 0. The van der Waals surface area contributed by atoms with E-state index in [1.54, 1.807) is 5.19 Å². The number of anilines is 1. The molecule has 0 unspecified atom stereocenters. The summed E-state index contributed by atoms with van der Waals surface area (Å²) in [5, 5.41) is 3.07. The van der Waals surface area contributed by atoms with Crippen LogP contribution in [0.4, 0.5) is 5.69 Å². The monoisotopic (exact) mass is 251 g/mol. The fourth-order valence-electron chi connectivity index (χ4n) is 2.16. The van der Waals surface area contributed by atoms with Crippen molar-refractivity contribution in [3.8, 4) is 0 Å². The Balaban J connectivity index is 3.59. The lowest BCUT2D eigenvalue weighted by Crippen LogP contribution is -2.57. The summed E-state index contributed by atoms with van der Waals surface area (Å²) in [6.45, 7) is 16.5. The number of rotatable bonds is 2. The molecule has 0 spiro atoms. The van der Waals surface area contributed by atoms with Crippen LogP contribution in [0, 0.1) is 6.92 Å². The van der Waals surface area contributed by atoms with E-state index in [0.717, 1.165) is 5.69 Å². The van der Waals surface area contributed by atoms with Gasteiger partial charge in [0.1, 0.15) is 0 Å². The smallest absolute Gasteiger partial charge is 0.0801 e. The molecular weight excluding hydrogens is 226 g/mol. The van der Waals surface area contributed by atoms with Crippen LogP contribution in [0.5, 0.6) is 0 Å². The Morgan fingerprint density at radius 1 is 0.875 bits per heavy atom. The molecule has 16 heavy (non-hydrogen) atoms. The van der Waals surface area contributed by atoms with Crippen LogP contribution < -0.4 is 16.1 Å². The van der Waals surface area contributed by atoms with Gasteiger partial charge in [-0.15, -0.1) is 0 Å². The second-order valence-corrected chi connectivity index (χ2v) is 16.8. The number of aryl methyl sites for hydroxylation is 1. The van der Waals surface area contributed by atoms with E-state index in [1.165, 1.54) is 10.8 Å². The van der Waals surface area contributed by atoms with Crippen LogP contribution in [-0.2, 0) is 0 Å². The quantitative estimate of drug-likeness (QED) is 0.635. The normalized spacial score (nSPS) is 12.9. The first-order valence-electron chi connectivity index (χ1n) is 5.95. The Bertz CT molecular complexity index is 398. The fourth-order valence-corrected chi connectivity index (χ4v) is 7.77. The van der Waals surface area contributed by atoms with Crippen molar-refractivity contribution in [2.75, 3.05) is 5.73 Å². The molecule has 0 bridgehead atoms. The van der Waals surface area contributed by atoms with Gasteiger partial charge in [-0.2, -0.15) is 0 Å². The first kappa shape index (κ1) is 13.5. The highest BCUT2D eigenvalue weighted by molar-refractivity contribution is 6.99. The predicted molar refractivity (Wildman–Crippen MR) is 81.6 cm³/mol. The molecule has 0 heterocycles. The third-order valence-electron chi connectivity index (χ3n) is 3.02. The van der Waals surface area contributed by atoms with E-state index in [9.17, 15) is 0 Å². The number of hydrogen-bond acceptors (Lipinski definition) is 1. The topological polar surface area (TPSA) is 26.0 Å². The van der Waals surface area contributed by atoms with Gasteiger partial charge in [-0.1, -0.05) is 56.6 Å². The lowest BCUT2D eigenvalue weighted by atomic mass is 10.2. The minimum Gasteiger partial charge on any atom is -0.399 e. The molecule has 1 aromatic rings. The summed E-state index contributed by atoms with van der Waals surface area (Å²) < 4.78 is 0. The summed E-state index contributed by atoms with van der Waals surface area (Å²) in [5.41, 5.74) is 8.61. The molecular formula is C13H25NSi2. The number of nitrogen functional groups attached to an aromatic ring is 1. The molecule has 2 N–H and O–H groups in total. The van der Waals surface area contributed by atoms with Crippen molar-refractivity contribution in [3.63, 3.8) is 0 Å². The standard InChI is InChI=1S/C13H25NSi2/c1-10-8-9-11(15(2,3)4)13(12(10)14)16(5,6)7/h8-9H,14H2,1-7H3. The van der Waals surface area contributed by atoms with Gasteiger partial charge in [0.2, 0.25) is 0 Å². The first-order chi connectivity index (χ1) is 7.05. The molecule has 90 valence electrons. The zero-order valence-corrected chi connectivity index (χ0v) is 13.7. The van der Waals surface area contributed by atoms with Crippen molar-refractivity contribution < 1.29 is 0 Å². The maximum absolute atomic E-state index is 6.32. The molecule has 0 aromatic heterocycles. The summed E-state index contributed by atoms with van der Waals surface area (Å²) in [7, 11) is -2.64. The molecule has 1 nitrogen and oxygen atoms in total. The average molecular weight is 252 g/mol. The predicted octanol–water partition coefficient (Wildman–Crippen LogP) is 2.67. The Morgan fingerprint density at radius 2 is 1.38 bits per heavy atom. The zero-order chi connectivity index (χ0) is 12.7. The first-order valence-corrected chi connectivity index (χ1v) is 12.9. The van der Waals surface area contributed by atoms with Gasteiger partial charge in [0.05, 0.1) is 16.1 Å². The van der Waals surface area contributed by atoms with Crippen LogP contribution in [0.15, 0.2) is 12.1 Å². The Hall–Kier alpha value is -0.546. The van der Waals surface area contributed by atoms with Gasteiger partial charge >= 0.3 is 0 Å². The number of nitrogens with two attached hydrogens (primary N) is 1. The third-order valence-corrected chi connectivity index (χ3v) is 7.34. The van der Waals surface area contributed by atoms with Gasteiger partial charge < -0.3 is 5.73 Å². The Labute approximate surface area is 102 Å². The van der Waals surface area contributed by atoms with Crippen molar-refractivity contribution in [3.05, 3.63) is 17.7 Å². The van der Waals surface area contributed by atoms with Gasteiger partial charge in [0, 0.05) is 5.69 Å². The highest BCUT2D eigenvalue weighted by atomic mass is 28.3. The van der Waals surface area contributed by atoms with Gasteiger partial charge in [0.15, 0.2) is 0 Å². The SMILES string of the molecule is Cc1ccc([Si](C)(C)C)c([Si](C)(C)C)c1N. The van der Waals surface area contributed by atoms with Crippen LogP contribution in [-0.4, -0.2) is 16.1 Å². The average Bonchev–Trinajstić information content (AvgIpc) is 2.05. The minimum absolute atomic E-state index is 1.05. The largest absolute Gasteiger partial charge is 0.399 e. The van der Waals surface area contributed by atoms with Gasteiger partial charge in [0.25, 0.3) is 0 Å². The summed E-state index contributed by atoms with van der Waals surface area (Å²) >= 11 is 0. The van der Waals surface area contributed by atoms with E-state index >= 15 is 0 Å². The van der Waals surface area contributed by atoms with E-state index in [4.69, 9.17) is 5.73 Å². The van der Waals surface area contributed by atoms with Crippen LogP contribution in [0.1, 0.15) is 5.56 Å². The molecule has 1 aromatic carbocycles. The maximum Gasteiger partial charge on any atom is 0.0801 e. The van der Waals surface area contributed by atoms with Gasteiger partial charge in [-0.3, -0.25) is 0 Å². The molecule has 0 radical (unpaired) electrons. The number of hydrogen-bond donors (Lipinski definition) is 1. The molecule has 0 saturated carbocycles. The highest BCUT2D eigenvalue weighted by Crippen LogP contribution is 2.15. The molecule has 0 aliphatic rings. The zero-order valence-electron chi connectivity index (χ0n) is 11.7. The second-order valence-electron chi connectivity index (χ2n) is 6.72. The molecule has 0 aliphatic heterocycles. The highest BCUT2D eigenvalue weighted by Gasteiger charge is 2.29. The number of benzene rings is 1. The van der Waals surface area contributed by atoms with E-state index in [2.05, 4.69) is 58.3 Å². The van der Waals surface area contributed by atoms with Crippen LogP contribution in [0.2, 0.25) is 39.3 Å². The molecule has 0 saturated heterocycles. The second kappa shape index (κ2) is 4.04. The van der Waals surface area contributed by atoms with E-state index in [1.807, 2.05) is 0 Å². The van der Waals surface area contributed by atoms with Crippen molar-refractivity contribution in [1.82, 2.24) is 0 Å². The van der Waals surface area contributed by atoms with Crippen LogP contribution >= 0.6 is 0 Å². The maximum atomic E-state index is 6.32. The Morgan fingerprint density at radius 3 is 1.75 bits per heavy atom. The minimum atomic E-state index is -1.35. The molecule has 0 fully saturated rings. The van der Waals surface area contributed by atoms with Crippen molar-refractivity contribution in [2.45, 2.75) is 46.2 Å². The van der Waals surface area contributed by atoms with Crippen molar-refractivity contribution in [1.29, 1.82) is 0 Å². The Kier molecular flexibility index (Phi) is 3.41. The van der Waals surface area contributed by atoms with E-state index in [0.29, 0.717) is 0 Å².